The van der Waals surface area contributed by atoms with Crippen LogP contribution in [0.5, 0.6) is 11.5 Å². The largest absolute Gasteiger partial charge is 0.486 e. The molecule has 0 bridgehead atoms. The normalized spacial score (nSPS) is 14.1. The quantitative estimate of drug-likeness (QED) is 0.723. The summed E-state index contributed by atoms with van der Waals surface area (Å²) in [6, 6.07) is 9.49. The van der Waals surface area contributed by atoms with Gasteiger partial charge in [0.25, 0.3) is 0 Å². The van der Waals surface area contributed by atoms with E-state index in [0.717, 1.165) is 26.3 Å². The second kappa shape index (κ2) is 8.85. The predicted octanol–water partition coefficient (Wildman–Crippen LogP) is 5.10. The molecular weight excluding hydrogens is 384 g/mol. The summed E-state index contributed by atoms with van der Waals surface area (Å²) in [6.07, 6.45) is 0. The highest BCUT2D eigenvalue weighted by atomic mass is 35.5. The van der Waals surface area contributed by atoms with Crippen LogP contribution in [0.15, 0.2) is 30.3 Å². The molecule has 1 aliphatic heterocycles. The van der Waals surface area contributed by atoms with E-state index in [-0.39, 0.29) is 18.0 Å². The summed E-state index contributed by atoms with van der Waals surface area (Å²) in [5.41, 5.74) is 1.01. The van der Waals surface area contributed by atoms with Gasteiger partial charge in [0.2, 0.25) is 0 Å². The molecule has 3 rings (SSSR count). The third kappa shape index (κ3) is 4.87. The van der Waals surface area contributed by atoms with Crippen LogP contribution < -0.4 is 14.8 Å². The third-order valence-electron chi connectivity index (χ3n) is 4.52. The van der Waals surface area contributed by atoms with Crippen molar-refractivity contribution in [2.24, 2.45) is 5.92 Å². The zero-order valence-electron chi connectivity index (χ0n) is 15.8. The summed E-state index contributed by atoms with van der Waals surface area (Å²) in [7, 11) is 0. The lowest BCUT2D eigenvalue weighted by atomic mass is 9.95. The maximum atomic E-state index is 12.9. The van der Waals surface area contributed by atoms with Gasteiger partial charge < -0.3 is 19.7 Å². The minimum Gasteiger partial charge on any atom is -0.486 e. The molecule has 1 aromatic heterocycles. The molecule has 1 atom stereocenters. The summed E-state index contributed by atoms with van der Waals surface area (Å²) in [4.78, 5) is 15.7. The van der Waals surface area contributed by atoms with Crippen molar-refractivity contribution in [3.05, 3.63) is 45.1 Å². The van der Waals surface area contributed by atoms with Gasteiger partial charge in [-0.25, -0.2) is 4.79 Å². The first-order valence-corrected chi connectivity index (χ1v) is 10.4. The summed E-state index contributed by atoms with van der Waals surface area (Å²) in [5, 5.41) is 3.18. The van der Waals surface area contributed by atoms with Crippen LogP contribution in [0.25, 0.3) is 0 Å². The van der Waals surface area contributed by atoms with E-state index in [1.54, 1.807) is 4.90 Å². The Balaban J connectivity index is 1.74. The maximum Gasteiger partial charge on any atom is 0.318 e. The lowest BCUT2D eigenvalue weighted by Gasteiger charge is -2.28. The minimum absolute atomic E-state index is 0.0874. The van der Waals surface area contributed by atoms with E-state index >= 15 is 0 Å². The average Bonchev–Trinajstić information content (AvgIpc) is 3.08. The molecule has 0 radical (unpaired) electrons. The fourth-order valence-electron chi connectivity index (χ4n) is 3.06. The molecule has 0 spiro atoms. The van der Waals surface area contributed by atoms with Crippen molar-refractivity contribution in [1.29, 1.82) is 0 Å². The van der Waals surface area contributed by atoms with Gasteiger partial charge in [-0.1, -0.05) is 31.5 Å². The molecule has 0 saturated heterocycles. The van der Waals surface area contributed by atoms with Crippen LogP contribution in [0.4, 0.5) is 4.79 Å². The van der Waals surface area contributed by atoms with Crippen molar-refractivity contribution in [3.8, 4) is 11.5 Å². The number of hydrogen-bond acceptors (Lipinski definition) is 4. The van der Waals surface area contributed by atoms with Gasteiger partial charge in [-0.05, 0) is 42.7 Å². The number of hydrogen-bond donors (Lipinski definition) is 1. The lowest BCUT2D eigenvalue weighted by Crippen LogP contribution is -2.42. The molecule has 2 heterocycles. The van der Waals surface area contributed by atoms with Crippen LogP contribution in [-0.2, 0) is 6.54 Å². The van der Waals surface area contributed by atoms with Gasteiger partial charge in [0.1, 0.15) is 13.2 Å². The molecule has 1 N–H and O–H groups in total. The summed E-state index contributed by atoms with van der Waals surface area (Å²) in [5.74, 6) is 1.72. The van der Waals surface area contributed by atoms with Gasteiger partial charge >= 0.3 is 6.03 Å². The van der Waals surface area contributed by atoms with Gasteiger partial charge in [0.05, 0.1) is 16.9 Å². The topological polar surface area (TPSA) is 50.8 Å². The van der Waals surface area contributed by atoms with Crippen LogP contribution in [0.1, 0.15) is 37.3 Å². The highest BCUT2D eigenvalue weighted by molar-refractivity contribution is 7.16. The Hall–Kier alpha value is -1.92. The van der Waals surface area contributed by atoms with Crippen molar-refractivity contribution in [2.45, 2.75) is 33.4 Å². The first kappa shape index (κ1) is 19.8. The van der Waals surface area contributed by atoms with E-state index in [2.05, 4.69) is 19.2 Å². The fourth-order valence-corrected chi connectivity index (χ4v) is 4.17. The summed E-state index contributed by atoms with van der Waals surface area (Å²) < 4.78 is 12.0. The highest BCUT2D eigenvalue weighted by Crippen LogP contribution is 2.34. The van der Waals surface area contributed by atoms with Gasteiger partial charge in [-0.3, -0.25) is 0 Å². The molecule has 0 unspecified atom stereocenters. The molecule has 5 nitrogen and oxygen atoms in total. The van der Waals surface area contributed by atoms with E-state index in [4.69, 9.17) is 21.1 Å². The molecule has 27 heavy (non-hydrogen) atoms. The number of benzene rings is 1. The number of amides is 2. The first-order valence-electron chi connectivity index (χ1n) is 9.17. The minimum atomic E-state index is -0.116. The average molecular weight is 409 g/mol. The number of carbonyl (C=O) groups excluding carboxylic acids is 1. The molecule has 7 heteroatoms. The molecule has 2 aromatic rings. The zero-order valence-corrected chi connectivity index (χ0v) is 17.4. The highest BCUT2D eigenvalue weighted by Gasteiger charge is 2.23. The van der Waals surface area contributed by atoms with Gasteiger partial charge in [-0.2, -0.15) is 0 Å². The Labute approximate surface area is 169 Å². The van der Waals surface area contributed by atoms with Crippen molar-refractivity contribution in [1.82, 2.24) is 10.2 Å². The van der Waals surface area contributed by atoms with E-state index in [1.165, 1.54) is 11.3 Å². The second-order valence-corrected chi connectivity index (χ2v) is 8.59. The number of thiophene rings is 1. The number of nitrogens with one attached hydrogen (secondary N) is 1. The van der Waals surface area contributed by atoms with Crippen LogP contribution >= 0.6 is 22.9 Å². The van der Waals surface area contributed by atoms with E-state index < -0.39 is 0 Å². The van der Waals surface area contributed by atoms with Crippen molar-refractivity contribution in [3.63, 3.8) is 0 Å². The Morgan fingerprint density at radius 2 is 1.96 bits per heavy atom. The Kier molecular flexibility index (Phi) is 6.50. The predicted molar refractivity (Wildman–Crippen MR) is 109 cm³/mol. The summed E-state index contributed by atoms with van der Waals surface area (Å²) >= 11 is 7.51. The molecule has 0 saturated carbocycles. The number of nitrogens with zero attached hydrogens (tertiary/aromatic N) is 1. The van der Waals surface area contributed by atoms with E-state index in [1.807, 2.05) is 37.3 Å². The smallest absolute Gasteiger partial charge is 0.318 e. The van der Waals surface area contributed by atoms with E-state index in [0.29, 0.717) is 26.3 Å². The molecule has 1 aliphatic rings. The number of rotatable bonds is 6. The van der Waals surface area contributed by atoms with Crippen molar-refractivity contribution in [2.75, 3.05) is 19.8 Å². The SMILES string of the molecule is CCN(Cc1ccc(Cl)s1)C(=O)N[C@@H](c1ccc2c(c1)OCCO2)C(C)C. The number of urea groups is 1. The molecule has 0 fully saturated rings. The van der Waals surface area contributed by atoms with Crippen LogP contribution in [0.2, 0.25) is 4.34 Å². The number of fused-ring (bicyclic) bond motifs is 1. The fraction of sp³-hybridized carbons (Fsp3) is 0.450. The van der Waals surface area contributed by atoms with Gasteiger partial charge in [-0.15, -0.1) is 11.3 Å². The van der Waals surface area contributed by atoms with E-state index in [9.17, 15) is 4.79 Å². The van der Waals surface area contributed by atoms with Crippen molar-refractivity contribution < 1.29 is 14.3 Å². The third-order valence-corrected chi connectivity index (χ3v) is 5.73. The van der Waals surface area contributed by atoms with Crippen LogP contribution in [0, 0.1) is 5.92 Å². The van der Waals surface area contributed by atoms with Gasteiger partial charge in [0.15, 0.2) is 11.5 Å². The summed E-state index contributed by atoms with van der Waals surface area (Å²) in [6.45, 7) is 8.44. The first-order chi connectivity index (χ1) is 13.0. The lowest BCUT2D eigenvalue weighted by molar-refractivity contribution is 0.171. The number of ether oxygens (including phenoxy) is 2. The zero-order chi connectivity index (χ0) is 19.4. The molecule has 2 amide bonds. The van der Waals surface area contributed by atoms with Crippen molar-refractivity contribution >= 4 is 29.0 Å². The monoisotopic (exact) mass is 408 g/mol. The second-order valence-electron chi connectivity index (χ2n) is 6.79. The van der Waals surface area contributed by atoms with Crippen LogP contribution in [0.3, 0.4) is 0 Å². The number of carbonyl (C=O) groups is 1. The van der Waals surface area contributed by atoms with Crippen LogP contribution in [-0.4, -0.2) is 30.7 Å². The Morgan fingerprint density at radius 3 is 2.59 bits per heavy atom. The standard InChI is InChI=1S/C20H25ClN2O3S/c1-4-23(12-15-6-8-18(21)27-15)20(24)22-19(13(2)3)14-5-7-16-17(11-14)26-10-9-25-16/h5-8,11,13,19H,4,9-10,12H2,1-3H3,(H,22,24)/t19-/m1/s1. The number of halogens is 1. The molecule has 146 valence electrons. The molecule has 1 aromatic carbocycles. The Morgan fingerprint density at radius 1 is 1.22 bits per heavy atom. The van der Waals surface area contributed by atoms with Gasteiger partial charge in [0, 0.05) is 11.4 Å². The molecule has 0 aliphatic carbocycles. The molecular formula is C20H25ClN2O3S. The Bertz CT molecular complexity index is 793. The maximum absolute atomic E-state index is 12.9.